The lowest BCUT2D eigenvalue weighted by Gasteiger charge is -2.02. The van der Waals surface area contributed by atoms with Gasteiger partial charge < -0.3 is 9.73 Å². The molecular formula is C12H16N4O3. The normalized spacial score (nSPS) is 10.8. The minimum absolute atomic E-state index is 0.217. The highest BCUT2D eigenvalue weighted by Crippen LogP contribution is 2.15. The summed E-state index contributed by atoms with van der Waals surface area (Å²) < 4.78 is 5.04. The average Bonchev–Trinajstić information content (AvgIpc) is 2.99. The molecule has 0 radical (unpaired) electrons. The lowest BCUT2D eigenvalue weighted by atomic mass is 10.1. The van der Waals surface area contributed by atoms with Crippen LogP contribution in [0.1, 0.15) is 23.4 Å². The van der Waals surface area contributed by atoms with Gasteiger partial charge in [-0.05, 0) is 37.9 Å². The molecule has 0 spiro atoms. The molecule has 2 aromatic rings. The van der Waals surface area contributed by atoms with Crippen LogP contribution >= 0.6 is 0 Å². The SMILES string of the molecule is Cc1[nH]ncc1CCCNCc1ccc([N+](=O)[O-])o1. The van der Waals surface area contributed by atoms with Crippen LogP contribution in [0.4, 0.5) is 5.88 Å². The highest BCUT2D eigenvalue weighted by Gasteiger charge is 2.10. The number of aryl methyl sites for hydroxylation is 2. The second-order valence-corrected chi connectivity index (χ2v) is 4.30. The monoisotopic (exact) mass is 264 g/mol. The van der Waals surface area contributed by atoms with E-state index in [2.05, 4.69) is 15.5 Å². The molecule has 0 aliphatic heterocycles. The van der Waals surface area contributed by atoms with Gasteiger partial charge in [0.1, 0.15) is 10.7 Å². The van der Waals surface area contributed by atoms with Crippen molar-refractivity contribution in [3.8, 4) is 0 Å². The van der Waals surface area contributed by atoms with E-state index in [1.165, 1.54) is 11.6 Å². The van der Waals surface area contributed by atoms with E-state index in [1.807, 2.05) is 13.1 Å². The summed E-state index contributed by atoms with van der Waals surface area (Å²) in [5.41, 5.74) is 2.32. The van der Waals surface area contributed by atoms with Crippen molar-refractivity contribution in [1.82, 2.24) is 15.5 Å². The number of nitrogens with zero attached hydrogens (tertiary/aromatic N) is 2. The van der Waals surface area contributed by atoms with Crippen molar-refractivity contribution < 1.29 is 9.34 Å². The first kappa shape index (κ1) is 13.3. The van der Waals surface area contributed by atoms with E-state index in [9.17, 15) is 10.1 Å². The summed E-state index contributed by atoms with van der Waals surface area (Å²) in [5.74, 6) is 0.358. The Kier molecular flexibility index (Phi) is 4.30. The van der Waals surface area contributed by atoms with Crippen molar-refractivity contribution in [2.45, 2.75) is 26.3 Å². The Morgan fingerprint density at radius 3 is 3.00 bits per heavy atom. The van der Waals surface area contributed by atoms with Gasteiger partial charge in [0.05, 0.1) is 18.8 Å². The van der Waals surface area contributed by atoms with Crippen molar-refractivity contribution in [1.29, 1.82) is 0 Å². The van der Waals surface area contributed by atoms with E-state index in [0.717, 1.165) is 25.1 Å². The fourth-order valence-electron chi connectivity index (χ4n) is 1.80. The van der Waals surface area contributed by atoms with Crippen LogP contribution in [0.2, 0.25) is 0 Å². The lowest BCUT2D eigenvalue weighted by molar-refractivity contribution is -0.402. The molecule has 0 saturated carbocycles. The first-order valence-corrected chi connectivity index (χ1v) is 6.09. The van der Waals surface area contributed by atoms with Crippen molar-refractivity contribution in [2.75, 3.05) is 6.54 Å². The van der Waals surface area contributed by atoms with Gasteiger partial charge in [0, 0.05) is 5.69 Å². The maximum absolute atomic E-state index is 10.4. The number of aromatic nitrogens is 2. The van der Waals surface area contributed by atoms with Gasteiger partial charge in [-0.25, -0.2) is 0 Å². The molecule has 0 amide bonds. The first-order valence-electron chi connectivity index (χ1n) is 6.09. The summed E-state index contributed by atoms with van der Waals surface area (Å²) in [7, 11) is 0. The molecule has 0 aromatic carbocycles. The zero-order valence-corrected chi connectivity index (χ0v) is 10.7. The van der Waals surface area contributed by atoms with Gasteiger partial charge in [-0.2, -0.15) is 5.10 Å². The highest BCUT2D eigenvalue weighted by molar-refractivity contribution is 5.17. The van der Waals surface area contributed by atoms with E-state index >= 15 is 0 Å². The summed E-state index contributed by atoms with van der Waals surface area (Å²) in [6.07, 6.45) is 3.77. The molecule has 2 rings (SSSR count). The largest absolute Gasteiger partial charge is 0.433 e. The Morgan fingerprint density at radius 2 is 2.37 bits per heavy atom. The van der Waals surface area contributed by atoms with Gasteiger partial charge in [-0.3, -0.25) is 15.2 Å². The standard InChI is InChI=1S/C12H16N4O3/c1-9-10(7-14-15-9)3-2-6-13-8-11-4-5-12(19-11)16(17)18/h4-5,7,13H,2-3,6,8H2,1H3,(H,14,15). The predicted molar refractivity (Wildman–Crippen MR) is 68.7 cm³/mol. The maximum atomic E-state index is 10.4. The number of H-pyrrole nitrogens is 1. The van der Waals surface area contributed by atoms with Crippen molar-refractivity contribution in [3.63, 3.8) is 0 Å². The Morgan fingerprint density at radius 1 is 1.53 bits per heavy atom. The summed E-state index contributed by atoms with van der Waals surface area (Å²) in [4.78, 5) is 9.90. The third-order valence-corrected chi connectivity index (χ3v) is 2.86. The predicted octanol–water partition coefficient (Wildman–Crippen LogP) is 1.94. The molecular weight excluding hydrogens is 248 g/mol. The van der Waals surface area contributed by atoms with Gasteiger partial charge >= 0.3 is 5.88 Å². The number of nitrogens with one attached hydrogen (secondary N) is 2. The van der Waals surface area contributed by atoms with Gasteiger partial charge in [0.15, 0.2) is 0 Å². The smallest absolute Gasteiger partial charge is 0.404 e. The summed E-state index contributed by atoms with van der Waals surface area (Å²) >= 11 is 0. The minimum Gasteiger partial charge on any atom is -0.404 e. The molecule has 0 atom stereocenters. The van der Waals surface area contributed by atoms with Crippen molar-refractivity contribution >= 4 is 5.88 Å². The quantitative estimate of drug-likeness (QED) is 0.452. The van der Waals surface area contributed by atoms with E-state index in [-0.39, 0.29) is 5.88 Å². The Labute approximate surface area is 110 Å². The van der Waals surface area contributed by atoms with Crippen LogP contribution in [0.25, 0.3) is 0 Å². The second-order valence-electron chi connectivity index (χ2n) is 4.30. The molecule has 0 bridgehead atoms. The first-order chi connectivity index (χ1) is 9.16. The minimum atomic E-state index is -0.537. The van der Waals surface area contributed by atoms with Crippen LogP contribution < -0.4 is 5.32 Å². The van der Waals surface area contributed by atoms with E-state index < -0.39 is 4.92 Å². The van der Waals surface area contributed by atoms with Crippen LogP contribution in [0, 0.1) is 17.0 Å². The highest BCUT2D eigenvalue weighted by atomic mass is 16.6. The van der Waals surface area contributed by atoms with Gasteiger partial charge in [-0.1, -0.05) is 0 Å². The molecule has 0 unspecified atom stereocenters. The third-order valence-electron chi connectivity index (χ3n) is 2.86. The van der Waals surface area contributed by atoms with Crippen LogP contribution in [0.15, 0.2) is 22.7 Å². The van der Waals surface area contributed by atoms with Crippen molar-refractivity contribution in [2.24, 2.45) is 0 Å². The molecule has 2 heterocycles. The van der Waals surface area contributed by atoms with Crippen LogP contribution in [0.3, 0.4) is 0 Å². The summed E-state index contributed by atoms with van der Waals surface area (Å²) in [6.45, 7) is 3.31. The molecule has 0 saturated heterocycles. The van der Waals surface area contributed by atoms with Crippen LogP contribution in [-0.4, -0.2) is 21.7 Å². The topological polar surface area (TPSA) is 97.0 Å². The van der Waals surface area contributed by atoms with Crippen LogP contribution in [-0.2, 0) is 13.0 Å². The van der Waals surface area contributed by atoms with Crippen molar-refractivity contribution in [3.05, 3.63) is 45.5 Å². The fourth-order valence-corrected chi connectivity index (χ4v) is 1.80. The second kappa shape index (κ2) is 6.14. The van der Waals surface area contributed by atoms with Gasteiger partial charge in [0.2, 0.25) is 0 Å². The average molecular weight is 264 g/mol. The van der Waals surface area contributed by atoms with E-state index in [0.29, 0.717) is 12.3 Å². The Hall–Kier alpha value is -2.15. The zero-order valence-electron chi connectivity index (χ0n) is 10.7. The van der Waals surface area contributed by atoms with E-state index in [1.54, 1.807) is 6.07 Å². The number of hydrogen-bond donors (Lipinski definition) is 2. The van der Waals surface area contributed by atoms with Gasteiger partial charge in [0.25, 0.3) is 0 Å². The fraction of sp³-hybridized carbons (Fsp3) is 0.417. The molecule has 2 aromatic heterocycles. The third kappa shape index (κ3) is 3.65. The molecule has 2 N–H and O–H groups in total. The molecule has 0 fully saturated rings. The molecule has 7 nitrogen and oxygen atoms in total. The number of hydrogen-bond acceptors (Lipinski definition) is 5. The summed E-state index contributed by atoms with van der Waals surface area (Å²) in [5, 5.41) is 20.5. The number of nitro groups is 1. The number of rotatable bonds is 7. The Balaban J connectivity index is 1.66. The summed E-state index contributed by atoms with van der Waals surface area (Å²) in [6, 6.07) is 2.98. The molecule has 0 aliphatic carbocycles. The zero-order chi connectivity index (χ0) is 13.7. The molecule has 0 aliphatic rings. The molecule has 102 valence electrons. The Bertz CT molecular complexity index is 547. The number of aromatic amines is 1. The molecule has 7 heteroatoms. The van der Waals surface area contributed by atoms with Crippen LogP contribution in [0.5, 0.6) is 0 Å². The maximum Gasteiger partial charge on any atom is 0.433 e. The lowest BCUT2D eigenvalue weighted by Crippen LogP contribution is -2.14. The van der Waals surface area contributed by atoms with Gasteiger partial charge in [-0.15, -0.1) is 0 Å². The van der Waals surface area contributed by atoms with E-state index in [4.69, 9.17) is 4.42 Å². The number of furan rings is 1. The molecule has 19 heavy (non-hydrogen) atoms.